The smallest absolute Gasteiger partial charge is 0.426 e. The fourth-order valence-corrected chi connectivity index (χ4v) is 3.31. The predicted octanol–water partition coefficient (Wildman–Crippen LogP) is 3.01. The number of hydrogen-bond donors (Lipinski definition) is 2. The average Bonchev–Trinajstić information content (AvgIpc) is 2.74. The van der Waals surface area contributed by atoms with Gasteiger partial charge in [0.25, 0.3) is 0 Å². The Bertz CT molecular complexity index is 635. The molecule has 0 saturated carbocycles. The number of fused-ring (bicyclic) bond motifs is 3. The summed E-state index contributed by atoms with van der Waals surface area (Å²) < 4.78 is 0. The number of hydrogen-bond acceptors (Lipinski definition) is 2. The Morgan fingerprint density at radius 2 is 1.70 bits per heavy atom. The van der Waals surface area contributed by atoms with Crippen LogP contribution in [0.5, 0.6) is 0 Å². The summed E-state index contributed by atoms with van der Waals surface area (Å²) in [5.41, 5.74) is 5.63. The molecule has 0 aliphatic heterocycles. The first kappa shape index (κ1) is 13.4. The summed E-state index contributed by atoms with van der Waals surface area (Å²) in [6, 6.07) is 14.3. The van der Waals surface area contributed by atoms with Crippen LogP contribution in [0.15, 0.2) is 42.5 Å². The second kappa shape index (κ2) is 5.08. The highest BCUT2D eigenvalue weighted by molar-refractivity contribution is 6.45. The van der Waals surface area contributed by atoms with Gasteiger partial charge in [-0.3, -0.25) is 0 Å². The lowest BCUT2D eigenvalue weighted by molar-refractivity contribution is 0.396. The van der Waals surface area contributed by atoms with Crippen LogP contribution >= 0.6 is 0 Å². The minimum atomic E-state index is -1.36. The summed E-state index contributed by atoms with van der Waals surface area (Å²) in [5, 5.41) is 19.7. The third kappa shape index (κ3) is 2.07. The van der Waals surface area contributed by atoms with Crippen molar-refractivity contribution >= 4 is 7.12 Å². The highest BCUT2D eigenvalue weighted by Gasteiger charge is 2.37. The highest BCUT2D eigenvalue weighted by atomic mass is 16.4. The molecule has 0 aromatic heterocycles. The number of rotatable bonds is 3. The third-order valence-electron chi connectivity index (χ3n) is 4.02. The van der Waals surface area contributed by atoms with Crippen LogP contribution in [-0.2, 0) is 6.42 Å². The molecular formula is C17H19BO2. The van der Waals surface area contributed by atoms with Crippen molar-refractivity contribution in [3.8, 4) is 11.1 Å². The molecule has 3 rings (SSSR count). The summed E-state index contributed by atoms with van der Waals surface area (Å²) in [4.78, 5) is 0. The lowest BCUT2D eigenvalue weighted by Gasteiger charge is -2.17. The zero-order valence-electron chi connectivity index (χ0n) is 11.9. The summed E-state index contributed by atoms with van der Waals surface area (Å²) >= 11 is 0. The lowest BCUT2D eigenvalue weighted by Crippen LogP contribution is -2.23. The molecule has 0 spiro atoms. The van der Waals surface area contributed by atoms with Crippen molar-refractivity contribution in [2.45, 2.75) is 26.1 Å². The zero-order chi connectivity index (χ0) is 14.3. The van der Waals surface area contributed by atoms with Crippen molar-refractivity contribution in [2.75, 3.05) is 0 Å². The first-order valence-electron chi connectivity index (χ1n) is 7.16. The lowest BCUT2D eigenvalue weighted by atomic mass is 9.66. The van der Waals surface area contributed by atoms with Crippen LogP contribution in [0.2, 0.25) is 0 Å². The van der Waals surface area contributed by atoms with E-state index < -0.39 is 7.12 Å². The Labute approximate surface area is 120 Å². The van der Waals surface area contributed by atoms with Crippen molar-refractivity contribution in [1.29, 1.82) is 0 Å². The first-order chi connectivity index (χ1) is 9.59. The van der Waals surface area contributed by atoms with Gasteiger partial charge in [0.2, 0.25) is 0 Å². The molecule has 0 amide bonds. The van der Waals surface area contributed by atoms with Crippen molar-refractivity contribution in [3.63, 3.8) is 0 Å². The van der Waals surface area contributed by atoms with Gasteiger partial charge in [0.1, 0.15) is 0 Å². The molecule has 102 valence electrons. The van der Waals surface area contributed by atoms with Crippen LogP contribution in [0.4, 0.5) is 0 Å². The third-order valence-corrected chi connectivity index (χ3v) is 4.02. The van der Waals surface area contributed by atoms with Crippen LogP contribution in [0.1, 0.15) is 36.4 Å². The van der Waals surface area contributed by atoms with Gasteiger partial charge >= 0.3 is 7.12 Å². The van der Waals surface area contributed by atoms with E-state index in [2.05, 4.69) is 38.1 Å². The van der Waals surface area contributed by atoms with Gasteiger partial charge < -0.3 is 10.0 Å². The van der Waals surface area contributed by atoms with E-state index in [1.165, 1.54) is 5.56 Å². The van der Waals surface area contributed by atoms with E-state index in [9.17, 15) is 10.0 Å². The van der Waals surface area contributed by atoms with E-state index in [-0.39, 0.29) is 5.82 Å². The molecule has 1 aliphatic rings. The minimum absolute atomic E-state index is 0.323. The molecule has 0 fully saturated rings. The Hall–Kier alpha value is -1.58. The largest absolute Gasteiger partial charge is 0.464 e. The van der Waals surface area contributed by atoms with E-state index in [1.807, 2.05) is 18.2 Å². The molecule has 0 saturated heterocycles. The van der Waals surface area contributed by atoms with Gasteiger partial charge in [-0.2, -0.15) is 0 Å². The maximum absolute atomic E-state index is 9.86. The standard InChI is InChI=1S/C17H19BO2/c1-11(2)10-12-6-5-9-14-13-7-3-4-8-15(13)17(16(12)14)18(19)20/h3-9,11,17,19-20H,10H2,1-2H3. The molecule has 1 atom stereocenters. The molecular weight excluding hydrogens is 247 g/mol. The molecule has 20 heavy (non-hydrogen) atoms. The van der Waals surface area contributed by atoms with Crippen LogP contribution < -0.4 is 0 Å². The number of benzene rings is 2. The van der Waals surface area contributed by atoms with Crippen molar-refractivity contribution in [3.05, 3.63) is 59.2 Å². The average molecular weight is 266 g/mol. The summed E-state index contributed by atoms with van der Waals surface area (Å²) in [6.45, 7) is 4.37. The molecule has 1 aliphatic carbocycles. The molecule has 1 unspecified atom stereocenters. The summed E-state index contributed by atoms with van der Waals surface area (Å²) in [6.07, 6.45) is 0.959. The maximum atomic E-state index is 9.86. The van der Waals surface area contributed by atoms with E-state index in [0.717, 1.165) is 28.7 Å². The van der Waals surface area contributed by atoms with Gasteiger partial charge in [-0.25, -0.2) is 0 Å². The van der Waals surface area contributed by atoms with Crippen LogP contribution in [0.25, 0.3) is 11.1 Å². The van der Waals surface area contributed by atoms with Crippen molar-refractivity contribution < 1.29 is 10.0 Å². The SMILES string of the molecule is CC(C)Cc1cccc2c1C(B(O)O)c1ccccc1-2. The van der Waals surface area contributed by atoms with Gasteiger partial charge in [0.05, 0.1) is 0 Å². The molecule has 0 radical (unpaired) electrons. The van der Waals surface area contributed by atoms with Crippen molar-refractivity contribution in [1.82, 2.24) is 0 Å². The minimum Gasteiger partial charge on any atom is -0.426 e. The maximum Gasteiger partial charge on any atom is 0.464 e. The Balaban J connectivity index is 2.22. The van der Waals surface area contributed by atoms with Crippen LogP contribution in [0.3, 0.4) is 0 Å². The second-order valence-electron chi connectivity index (χ2n) is 5.95. The van der Waals surface area contributed by atoms with Gasteiger partial charge in [0, 0.05) is 5.82 Å². The first-order valence-corrected chi connectivity index (χ1v) is 7.16. The Kier molecular flexibility index (Phi) is 3.40. The van der Waals surface area contributed by atoms with Gasteiger partial charge in [-0.05, 0) is 40.2 Å². The molecule has 0 bridgehead atoms. The predicted molar refractivity (Wildman–Crippen MR) is 82.5 cm³/mol. The topological polar surface area (TPSA) is 40.5 Å². The van der Waals surface area contributed by atoms with E-state index in [4.69, 9.17) is 0 Å². The van der Waals surface area contributed by atoms with Crippen molar-refractivity contribution in [2.24, 2.45) is 5.92 Å². The van der Waals surface area contributed by atoms with Crippen LogP contribution in [-0.4, -0.2) is 17.2 Å². The molecule has 2 N–H and O–H groups in total. The fraction of sp³-hybridized carbons (Fsp3) is 0.294. The van der Waals surface area contributed by atoms with E-state index >= 15 is 0 Å². The van der Waals surface area contributed by atoms with E-state index in [0.29, 0.717) is 5.92 Å². The highest BCUT2D eigenvalue weighted by Crippen LogP contribution is 2.46. The van der Waals surface area contributed by atoms with Crippen LogP contribution in [0, 0.1) is 5.92 Å². The molecule has 3 heteroatoms. The van der Waals surface area contributed by atoms with Gasteiger partial charge in [-0.1, -0.05) is 56.3 Å². The summed E-state index contributed by atoms with van der Waals surface area (Å²) in [5.74, 6) is 0.220. The second-order valence-corrected chi connectivity index (χ2v) is 5.95. The fourth-order valence-electron chi connectivity index (χ4n) is 3.31. The Morgan fingerprint density at radius 3 is 2.40 bits per heavy atom. The monoisotopic (exact) mass is 266 g/mol. The normalized spacial score (nSPS) is 16.1. The van der Waals surface area contributed by atoms with E-state index in [1.54, 1.807) is 0 Å². The molecule has 2 nitrogen and oxygen atoms in total. The zero-order valence-corrected chi connectivity index (χ0v) is 11.9. The molecule has 2 aromatic rings. The van der Waals surface area contributed by atoms with Gasteiger partial charge in [0.15, 0.2) is 0 Å². The molecule has 0 heterocycles. The van der Waals surface area contributed by atoms with Gasteiger partial charge in [-0.15, -0.1) is 0 Å². The quantitative estimate of drug-likeness (QED) is 0.838. The summed E-state index contributed by atoms with van der Waals surface area (Å²) in [7, 11) is -1.36. The molecule has 2 aromatic carbocycles. The Morgan fingerprint density at radius 1 is 1.00 bits per heavy atom.